The summed E-state index contributed by atoms with van der Waals surface area (Å²) in [5, 5.41) is 0. The molecule has 0 heterocycles. The van der Waals surface area contributed by atoms with Gasteiger partial charge >= 0.3 is 0 Å². The third-order valence-corrected chi connectivity index (χ3v) is 2.60. The highest BCUT2D eigenvalue weighted by Gasteiger charge is 2.12. The number of anilines is 1. The number of hydrogen-bond donors (Lipinski definition) is 1. The number of ketones is 1. The molecule has 0 aliphatic rings. The fourth-order valence-electron chi connectivity index (χ4n) is 1.68. The molecule has 2 heteroatoms. The van der Waals surface area contributed by atoms with Crippen molar-refractivity contribution >= 4 is 11.5 Å². The van der Waals surface area contributed by atoms with Gasteiger partial charge in [-0.2, -0.15) is 0 Å². The van der Waals surface area contributed by atoms with E-state index in [1.54, 1.807) is 12.1 Å². The summed E-state index contributed by atoms with van der Waals surface area (Å²) >= 11 is 0. The molecule has 0 atom stereocenters. The Hall–Kier alpha value is -2.09. The average molecular weight is 211 g/mol. The third-order valence-electron chi connectivity index (χ3n) is 2.60. The van der Waals surface area contributed by atoms with Crippen molar-refractivity contribution < 1.29 is 4.79 Å². The summed E-state index contributed by atoms with van der Waals surface area (Å²) < 4.78 is 0. The number of rotatable bonds is 2. The van der Waals surface area contributed by atoms with Crippen LogP contribution in [0.25, 0.3) is 0 Å². The van der Waals surface area contributed by atoms with Gasteiger partial charge in [-0.3, -0.25) is 4.79 Å². The predicted octanol–water partition coefficient (Wildman–Crippen LogP) is 2.81. The van der Waals surface area contributed by atoms with E-state index in [4.69, 9.17) is 5.73 Å². The second-order valence-electron chi connectivity index (χ2n) is 3.73. The summed E-state index contributed by atoms with van der Waals surface area (Å²) in [7, 11) is 0. The van der Waals surface area contributed by atoms with Gasteiger partial charge in [-0.25, -0.2) is 0 Å². The van der Waals surface area contributed by atoms with Crippen LogP contribution in [0, 0.1) is 6.92 Å². The molecule has 0 aliphatic heterocycles. The average Bonchev–Trinajstić information content (AvgIpc) is 2.29. The van der Waals surface area contributed by atoms with Gasteiger partial charge in [0.15, 0.2) is 5.78 Å². The zero-order valence-electron chi connectivity index (χ0n) is 9.10. The Morgan fingerprint density at radius 2 is 1.50 bits per heavy atom. The SMILES string of the molecule is Cc1ccccc1C(=O)c1ccccc1N. The standard InChI is InChI=1S/C14H13NO/c1-10-6-2-3-7-11(10)14(16)12-8-4-5-9-13(12)15/h2-9H,15H2,1H3. The zero-order valence-corrected chi connectivity index (χ0v) is 9.10. The summed E-state index contributed by atoms with van der Waals surface area (Å²) in [6, 6.07) is 14.7. The van der Waals surface area contributed by atoms with Gasteiger partial charge in [0.25, 0.3) is 0 Å². The Balaban J connectivity index is 2.48. The highest BCUT2D eigenvalue weighted by atomic mass is 16.1. The predicted molar refractivity (Wildman–Crippen MR) is 65.5 cm³/mol. The van der Waals surface area contributed by atoms with Crippen molar-refractivity contribution in [3.63, 3.8) is 0 Å². The molecule has 2 aromatic carbocycles. The van der Waals surface area contributed by atoms with Crippen LogP contribution in [0.1, 0.15) is 21.5 Å². The van der Waals surface area contributed by atoms with Gasteiger partial charge in [-0.15, -0.1) is 0 Å². The molecule has 2 aromatic rings. The first-order valence-corrected chi connectivity index (χ1v) is 5.15. The Morgan fingerprint density at radius 3 is 2.12 bits per heavy atom. The Kier molecular flexibility index (Phi) is 2.73. The first kappa shape index (κ1) is 10.4. The number of para-hydroxylation sites is 1. The maximum Gasteiger partial charge on any atom is 0.195 e. The lowest BCUT2D eigenvalue weighted by molar-refractivity contribution is 0.103. The van der Waals surface area contributed by atoms with Crippen LogP contribution in [-0.4, -0.2) is 5.78 Å². The van der Waals surface area contributed by atoms with Crippen LogP contribution < -0.4 is 5.73 Å². The molecule has 2 nitrogen and oxygen atoms in total. The number of benzene rings is 2. The second kappa shape index (κ2) is 4.19. The smallest absolute Gasteiger partial charge is 0.195 e. The third kappa shape index (κ3) is 1.82. The maximum absolute atomic E-state index is 12.2. The molecule has 0 fully saturated rings. The van der Waals surface area contributed by atoms with Crippen molar-refractivity contribution in [2.24, 2.45) is 0 Å². The number of aryl methyl sites for hydroxylation is 1. The van der Waals surface area contributed by atoms with Crippen LogP contribution in [0.5, 0.6) is 0 Å². The highest BCUT2D eigenvalue weighted by Crippen LogP contribution is 2.18. The minimum atomic E-state index is -0.0174. The highest BCUT2D eigenvalue weighted by molar-refractivity contribution is 6.12. The normalized spacial score (nSPS) is 10.1. The van der Waals surface area contributed by atoms with Gasteiger partial charge in [-0.05, 0) is 24.6 Å². The topological polar surface area (TPSA) is 43.1 Å². The van der Waals surface area contributed by atoms with Crippen LogP contribution >= 0.6 is 0 Å². The lowest BCUT2D eigenvalue weighted by Gasteiger charge is -2.06. The van der Waals surface area contributed by atoms with E-state index < -0.39 is 0 Å². The van der Waals surface area contributed by atoms with Crippen LogP contribution in [-0.2, 0) is 0 Å². The van der Waals surface area contributed by atoms with E-state index in [1.807, 2.05) is 43.3 Å². The summed E-state index contributed by atoms with van der Waals surface area (Å²) in [5.41, 5.74) is 8.56. The fourth-order valence-corrected chi connectivity index (χ4v) is 1.68. The molecule has 0 unspecified atom stereocenters. The summed E-state index contributed by atoms with van der Waals surface area (Å²) in [6.45, 7) is 1.92. The van der Waals surface area contributed by atoms with E-state index >= 15 is 0 Å². The molecule has 80 valence electrons. The molecular formula is C14H13NO. The van der Waals surface area contributed by atoms with Crippen molar-refractivity contribution in [3.05, 3.63) is 65.2 Å². The number of nitrogen functional groups attached to an aromatic ring is 1. The summed E-state index contributed by atoms with van der Waals surface area (Å²) in [6.07, 6.45) is 0. The van der Waals surface area contributed by atoms with Gasteiger partial charge in [0.05, 0.1) is 0 Å². The molecule has 2 N–H and O–H groups in total. The quantitative estimate of drug-likeness (QED) is 0.613. The van der Waals surface area contributed by atoms with Gasteiger partial charge < -0.3 is 5.73 Å². The van der Waals surface area contributed by atoms with E-state index in [1.165, 1.54) is 0 Å². The number of hydrogen-bond acceptors (Lipinski definition) is 2. The van der Waals surface area contributed by atoms with Crippen molar-refractivity contribution in [3.8, 4) is 0 Å². The van der Waals surface area contributed by atoms with Crippen molar-refractivity contribution in [2.45, 2.75) is 6.92 Å². The number of carbonyl (C=O) groups is 1. The number of carbonyl (C=O) groups excluding carboxylic acids is 1. The van der Waals surface area contributed by atoms with E-state index in [9.17, 15) is 4.79 Å². The second-order valence-corrected chi connectivity index (χ2v) is 3.73. The lowest BCUT2D eigenvalue weighted by Crippen LogP contribution is -2.06. The van der Waals surface area contributed by atoms with E-state index in [0.717, 1.165) is 5.56 Å². The van der Waals surface area contributed by atoms with Crippen molar-refractivity contribution in [1.29, 1.82) is 0 Å². The fraction of sp³-hybridized carbons (Fsp3) is 0.0714. The molecular weight excluding hydrogens is 198 g/mol. The largest absolute Gasteiger partial charge is 0.398 e. The van der Waals surface area contributed by atoms with E-state index in [0.29, 0.717) is 16.8 Å². The molecule has 16 heavy (non-hydrogen) atoms. The van der Waals surface area contributed by atoms with Gasteiger partial charge in [-0.1, -0.05) is 36.4 Å². The monoisotopic (exact) mass is 211 g/mol. The summed E-state index contributed by atoms with van der Waals surface area (Å²) in [5.74, 6) is -0.0174. The van der Waals surface area contributed by atoms with Crippen LogP contribution in [0.2, 0.25) is 0 Å². The Morgan fingerprint density at radius 1 is 0.938 bits per heavy atom. The first-order chi connectivity index (χ1) is 7.70. The zero-order chi connectivity index (χ0) is 11.5. The van der Waals surface area contributed by atoms with Crippen molar-refractivity contribution in [1.82, 2.24) is 0 Å². The molecule has 0 amide bonds. The summed E-state index contributed by atoms with van der Waals surface area (Å²) in [4.78, 5) is 12.2. The molecule has 0 radical (unpaired) electrons. The number of nitrogens with two attached hydrogens (primary N) is 1. The Labute approximate surface area is 94.7 Å². The Bertz CT molecular complexity index is 484. The minimum absolute atomic E-state index is 0.0174. The molecule has 0 aromatic heterocycles. The molecule has 0 saturated carbocycles. The van der Waals surface area contributed by atoms with E-state index in [2.05, 4.69) is 0 Å². The van der Waals surface area contributed by atoms with Gasteiger partial charge in [0.2, 0.25) is 0 Å². The van der Waals surface area contributed by atoms with Gasteiger partial charge in [0.1, 0.15) is 0 Å². The maximum atomic E-state index is 12.2. The van der Waals surface area contributed by atoms with Crippen molar-refractivity contribution in [2.75, 3.05) is 5.73 Å². The van der Waals surface area contributed by atoms with Crippen LogP contribution in [0.3, 0.4) is 0 Å². The molecule has 0 spiro atoms. The molecule has 0 aliphatic carbocycles. The van der Waals surface area contributed by atoms with E-state index in [-0.39, 0.29) is 5.78 Å². The molecule has 0 saturated heterocycles. The minimum Gasteiger partial charge on any atom is -0.398 e. The molecule has 2 rings (SSSR count). The lowest BCUT2D eigenvalue weighted by atomic mass is 9.98. The van der Waals surface area contributed by atoms with Gasteiger partial charge in [0, 0.05) is 16.8 Å². The van der Waals surface area contributed by atoms with Crippen LogP contribution in [0.4, 0.5) is 5.69 Å². The van der Waals surface area contributed by atoms with Crippen LogP contribution in [0.15, 0.2) is 48.5 Å². The first-order valence-electron chi connectivity index (χ1n) is 5.15. The molecule has 0 bridgehead atoms.